The van der Waals surface area contributed by atoms with Gasteiger partial charge < -0.3 is 9.13 Å². The Morgan fingerprint density at radius 3 is 1.64 bits per heavy atom. The molecule has 44 heavy (non-hydrogen) atoms. The van der Waals surface area contributed by atoms with Gasteiger partial charge >= 0.3 is 0 Å². The van der Waals surface area contributed by atoms with Crippen LogP contribution >= 0.6 is 0 Å². The van der Waals surface area contributed by atoms with Gasteiger partial charge in [0.15, 0.2) is 0 Å². The SMILES string of the molecule is N#Cc1ccc(-n2c3ccccc3c3cc(C#N)ccc32)c(-c2cc(-n3c4ccccc4c4cc(C#N)ccc43)ccn2)c1. The monoisotopic (exact) mass is 560 g/mol. The van der Waals surface area contributed by atoms with Gasteiger partial charge in [-0.1, -0.05) is 36.4 Å². The van der Waals surface area contributed by atoms with Crippen LogP contribution in [0.25, 0.3) is 66.2 Å². The van der Waals surface area contributed by atoms with E-state index in [1.54, 1.807) is 6.20 Å². The van der Waals surface area contributed by atoms with E-state index in [4.69, 9.17) is 4.98 Å². The fourth-order valence-electron chi connectivity index (χ4n) is 6.33. The van der Waals surface area contributed by atoms with Gasteiger partial charge in [-0.2, -0.15) is 15.8 Å². The normalized spacial score (nSPS) is 11.1. The molecular formula is C38H20N6. The van der Waals surface area contributed by atoms with Crippen molar-refractivity contribution in [3.8, 4) is 40.8 Å². The highest BCUT2D eigenvalue weighted by Crippen LogP contribution is 2.38. The Morgan fingerprint density at radius 2 is 1.00 bits per heavy atom. The predicted molar refractivity (Wildman–Crippen MR) is 172 cm³/mol. The van der Waals surface area contributed by atoms with E-state index >= 15 is 0 Å². The molecule has 0 saturated carbocycles. The number of nitrogens with zero attached hydrogens (tertiary/aromatic N) is 6. The van der Waals surface area contributed by atoms with E-state index in [1.807, 2.05) is 91.0 Å². The van der Waals surface area contributed by atoms with Crippen LogP contribution in [0.15, 0.2) is 121 Å². The number of aromatic nitrogens is 3. The Hall–Kier alpha value is -6.68. The van der Waals surface area contributed by atoms with Crippen molar-refractivity contribution in [1.29, 1.82) is 15.8 Å². The Kier molecular flexibility index (Phi) is 5.53. The molecule has 3 aromatic heterocycles. The van der Waals surface area contributed by atoms with Gasteiger partial charge in [0.2, 0.25) is 0 Å². The highest BCUT2D eigenvalue weighted by molar-refractivity contribution is 6.11. The zero-order valence-electron chi connectivity index (χ0n) is 23.2. The van der Waals surface area contributed by atoms with Crippen molar-refractivity contribution in [2.45, 2.75) is 0 Å². The van der Waals surface area contributed by atoms with Crippen molar-refractivity contribution in [2.75, 3.05) is 0 Å². The molecule has 0 aliphatic rings. The van der Waals surface area contributed by atoms with Gasteiger partial charge in [-0.25, -0.2) is 0 Å². The summed E-state index contributed by atoms with van der Waals surface area (Å²) in [7, 11) is 0. The summed E-state index contributed by atoms with van der Waals surface area (Å²) in [5.41, 5.74) is 9.04. The van der Waals surface area contributed by atoms with Crippen LogP contribution in [0.5, 0.6) is 0 Å². The molecule has 0 amide bonds. The molecule has 0 bridgehead atoms. The van der Waals surface area contributed by atoms with Crippen LogP contribution in [0.4, 0.5) is 0 Å². The average Bonchev–Trinajstić information content (AvgIpc) is 3.60. The third kappa shape index (κ3) is 3.68. The molecule has 0 spiro atoms. The lowest BCUT2D eigenvalue weighted by molar-refractivity contribution is 1.14. The van der Waals surface area contributed by atoms with Crippen molar-refractivity contribution >= 4 is 43.6 Å². The number of hydrogen-bond donors (Lipinski definition) is 0. The maximum absolute atomic E-state index is 9.88. The Balaban J connectivity index is 1.40. The topological polar surface area (TPSA) is 94.1 Å². The van der Waals surface area contributed by atoms with Crippen LogP contribution in [0.2, 0.25) is 0 Å². The summed E-state index contributed by atoms with van der Waals surface area (Å²) in [5, 5.41) is 33.1. The van der Waals surface area contributed by atoms with Gasteiger partial charge in [0, 0.05) is 39.0 Å². The first-order chi connectivity index (χ1) is 21.7. The van der Waals surface area contributed by atoms with Gasteiger partial charge in [-0.15, -0.1) is 0 Å². The van der Waals surface area contributed by atoms with Gasteiger partial charge in [0.1, 0.15) is 0 Å². The van der Waals surface area contributed by atoms with E-state index in [1.165, 1.54) is 0 Å². The Bertz CT molecular complexity index is 2600. The molecule has 0 aliphatic carbocycles. The largest absolute Gasteiger partial charge is 0.309 e. The summed E-state index contributed by atoms with van der Waals surface area (Å²) in [6.45, 7) is 0. The molecule has 0 atom stereocenters. The van der Waals surface area contributed by atoms with Crippen LogP contribution in [0.3, 0.4) is 0 Å². The lowest BCUT2D eigenvalue weighted by Gasteiger charge is -2.15. The standard InChI is InChI=1S/C38H20N6/c39-21-24-9-12-36-30(17-24)28-5-1-3-7-34(28)43(36)27-15-16-42-33(20-27)32-19-26(23-41)11-14-38(32)44-35-8-4-2-6-29(35)31-18-25(22-40)10-13-37(31)44/h1-20H. The van der Waals surface area contributed by atoms with Crippen LogP contribution in [0, 0.1) is 34.0 Å². The highest BCUT2D eigenvalue weighted by Gasteiger charge is 2.19. The van der Waals surface area contributed by atoms with Crippen LogP contribution in [-0.4, -0.2) is 14.1 Å². The van der Waals surface area contributed by atoms with E-state index in [9.17, 15) is 15.8 Å². The number of rotatable bonds is 3. The molecule has 6 heteroatoms. The lowest BCUT2D eigenvalue weighted by Crippen LogP contribution is -2.00. The second-order valence-corrected chi connectivity index (χ2v) is 10.6. The molecule has 8 aromatic rings. The zero-order valence-corrected chi connectivity index (χ0v) is 23.2. The van der Waals surface area contributed by atoms with Crippen molar-refractivity contribution in [3.05, 3.63) is 138 Å². The van der Waals surface area contributed by atoms with Crippen molar-refractivity contribution in [3.63, 3.8) is 0 Å². The van der Waals surface area contributed by atoms with Crippen LogP contribution < -0.4 is 0 Å². The Morgan fingerprint density at radius 1 is 0.477 bits per heavy atom. The fourth-order valence-corrected chi connectivity index (χ4v) is 6.33. The quantitative estimate of drug-likeness (QED) is 0.216. The summed E-state index contributed by atoms with van der Waals surface area (Å²) in [6, 6.07) is 44.4. The van der Waals surface area contributed by atoms with Gasteiger partial charge in [-0.3, -0.25) is 4.98 Å². The summed E-state index contributed by atoms with van der Waals surface area (Å²) in [4.78, 5) is 4.82. The minimum Gasteiger partial charge on any atom is -0.309 e. The number of pyridine rings is 1. The second-order valence-electron chi connectivity index (χ2n) is 10.6. The first-order valence-electron chi connectivity index (χ1n) is 14.1. The third-order valence-electron chi connectivity index (χ3n) is 8.25. The second kappa shape index (κ2) is 9.71. The van der Waals surface area contributed by atoms with E-state index in [0.717, 1.165) is 60.5 Å². The smallest absolute Gasteiger partial charge is 0.0991 e. The Labute approximate surface area is 252 Å². The van der Waals surface area contributed by atoms with Crippen LogP contribution in [-0.2, 0) is 0 Å². The van der Waals surface area contributed by atoms with E-state index in [2.05, 4.69) is 51.6 Å². The summed E-state index contributed by atoms with van der Waals surface area (Å²) in [6.07, 6.45) is 1.79. The first-order valence-corrected chi connectivity index (χ1v) is 14.1. The maximum Gasteiger partial charge on any atom is 0.0991 e. The molecule has 0 fully saturated rings. The van der Waals surface area contributed by atoms with Crippen molar-refractivity contribution < 1.29 is 0 Å². The van der Waals surface area contributed by atoms with E-state index in [-0.39, 0.29) is 0 Å². The minimum absolute atomic E-state index is 0.532. The number of fused-ring (bicyclic) bond motifs is 6. The molecule has 0 aliphatic heterocycles. The third-order valence-corrected chi connectivity index (χ3v) is 8.25. The van der Waals surface area contributed by atoms with Gasteiger partial charge in [0.25, 0.3) is 0 Å². The lowest BCUT2D eigenvalue weighted by atomic mass is 10.0. The number of benzene rings is 5. The zero-order chi connectivity index (χ0) is 29.8. The average molecular weight is 561 g/mol. The molecule has 202 valence electrons. The van der Waals surface area contributed by atoms with Gasteiger partial charge in [0.05, 0.1) is 68.3 Å². The fraction of sp³-hybridized carbons (Fsp3) is 0. The van der Waals surface area contributed by atoms with E-state index < -0.39 is 0 Å². The first kappa shape index (κ1) is 25.1. The number of nitriles is 3. The summed E-state index contributed by atoms with van der Waals surface area (Å²) >= 11 is 0. The maximum atomic E-state index is 9.88. The number of hydrogen-bond acceptors (Lipinski definition) is 4. The van der Waals surface area contributed by atoms with Gasteiger partial charge in [-0.05, 0) is 78.9 Å². The molecule has 0 saturated heterocycles. The predicted octanol–water partition coefficient (Wildman–Crippen LogP) is 8.56. The molecule has 0 radical (unpaired) electrons. The molecule has 0 N–H and O–H groups in total. The van der Waals surface area contributed by atoms with E-state index in [0.29, 0.717) is 22.4 Å². The highest BCUT2D eigenvalue weighted by atomic mass is 15.0. The molecule has 8 rings (SSSR count). The molecule has 0 unspecified atom stereocenters. The van der Waals surface area contributed by atoms with Crippen LogP contribution in [0.1, 0.15) is 16.7 Å². The van der Waals surface area contributed by atoms with Crippen molar-refractivity contribution in [2.24, 2.45) is 0 Å². The molecular weight excluding hydrogens is 540 g/mol. The van der Waals surface area contributed by atoms with Crippen molar-refractivity contribution in [1.82, 2.24) is 14.1 Å². The molecule has 5 aromatic carbocycles. The summed E-state index contributed by atoms with van der Waals surface area (Å²) in [5.74, 6) is 0. The summed E-state index contributed by atoms with van der Waals surface area (Å²) < 4.78 is 4.37. The molecule has 6 nitrogen and oxygen atoms in total. The minimum atomic E-state index is 0.532. The molecule has 3 heterocycles. The number of para-hydroxylation sites is 2.